The van der Waals surface area contributed by atoms with E-state index in [4.69, 9.17) is 11.6 Å². The lowest BCUT2D eigenvalue weighted by Gasteiger charge is -2.15. The molecule has 2 aromatic rings. The molecule has 6 nitrogen and oxygen atoms in total. The van der Waals surface area contributed by atoms with Gasteiger partial charge in [-0.2, -0.15) is 11.1 Å². The third-order valence-electron chi connectivity index (χ3n) is 2.88. The summed E-state index contributed by atoms with van der Waals surface area (Å²) in [4.78, 5) is 11.8. The molecular formula is C11H12ClN5O. The highest BCUT2D eigenvalue weighted by Gasteiger charge is 2.14. The molecule has 3 rings (SSSR count). The second-order valence-electron chi connectivity index (χ2n) is 4.06. The lowest BCUT2D eigenvalue weighted by atomic mass is 10.2. The number of hydrogen-bond donors (Lipinski definition) is 4. The van der Waals surface area contributed by atoms with Crippen LogP contribution in [0.1, 0.15) is 0 Å². The van der Waals surface area contributed by atoms with E-state index in [2.05, 4.69) is 21.9 Å². The van der Waals surface area contributed by atoms with Gasteiger partial charge in [0.1, 0.15) is 6.17 Å². The first-order valence-corrected chi connectivity index (χ1v) is 5.92. The molecule has 0 aliphatic carbocycles. The molecule has 4 N–H and O–H groups in total. The van der Waals surface area contributed by atoms with Gasteiger partial charge in [0.15, 0.2) is 5.43 Å². The van der Waals surface area contributed by atoms with Crippen molar-refractivity contribution in [3.05, 3.63) is 45.7 Å². The van der Waals surface area contributed by atoms with Crippen LogP contribution in [0, 0.1) is 0 Å². The van der Waals surface area contributed by atoms with Crippen molar-refractivity contribution in [3.8, 4) is 0 Å². The predicted octanol–water partition coefficient (Wildman–Crippen LogP) is 0.0980. The number of rotatable bonds is 2. The minimum Gasteiger partial charge on any atom is -0.343 e. The lowest BCUT2D eigenvalue weighted by molar-refractivity contribution is 0.457. The Morgan fingerprint density at radius 3 is 2.78 bits per heavy atom. The van der Waals surface area contributed by atoms with Crippen molar-refractivity contribution in [2.45, 2.75) is 12.7 Å². The Morgan fingerprint density at radius 2 is 2.00 bits per heavy atom. The number of hydrogen-bond acceptors (Lipinski definition) is 5. The van der Waals surface area contributed by atoms with Crippen LogP contribution in [-0.4, -0.2) is 10.7 Å². The summed E-state index contributed by atoms with van der Waals surface area (Å²) in [5.41, 5.74) is 12.2. The fourth-order valence-corrected chi connectivity index (χ4v) is 2.33. The summed E-state index contributed by atoms with van der Waals surface area (Å²) in [7, 11) is 0. The molecule has 1 fully saturated rings. The van der Waals surface area contributed by atoms with Crippen LogP contribution in [0.4, 0.5) is 0 Å². The van der Waals surface area contributed by atoms with Gasteiger partial charge in [0.25, 0.3) is 0 Å². The maximum absolute atomic E-state index is 11.8. The van der Waals surface area contributed by atoms with Crippen molar-refractivity contribution in [2.75, 3.05) is 0 Å². The normalized spacial score (nSPS) is 16.5. The van der Waals surface area contributed by atoms with E-state index in [1.165, 1.54) is 0 Å². The van der Waals surface area contributed by atoms with Crippen LogP contribution in [0.5, 0.6) is 0 Å². The molecule has 0 bridgehead atoms. The van der Waals surface area contributed by atoms with Crippen LogP contribution in [-0.2, 0) is 6.54 Å². The molecule has 0 radical (unpaired) electrons. The van der Waals surface area contributed by atoms with Gasteiger partial charge >= 0.3 is 0 Å². The summed E-state index contributed by atoms with van der Waals surface area (Å²) in [6.07, 6.45) is 1.75. The Morgan fingerprint density at radius 1 is 1.22 bits per heavy atom. The molecule has 1 aliphatic heterocycles. The van der Waals surface area contributed by atoms with Gasteiger partial charge in [0.2, 0.25) is 0 Å². The molecular weight excluding hydrogens is 254 g/mol. The van der Waals surface area contributed by atoms with E-state index < -0.39 is 0 Å². The Hall–Kier alpha value is -1.44. The van der Waals surface area contributed by atoms with Gasteiger partial charge in [0, 0.05) is 17.6 Å². The standard InChI is InChI=1S/C11H12ClN5O/c12-8-3-1-2-7-9(18)4-5-17(11(7)8)6-10-13-15-16-14-10/h1-5,10,13-16H,6H2. The minimum absolute atomic E-state index is 0.00646. The zero-order valence-electron chi connectivity index (χ0n) is 9.40. The number of pyridine rings is 1. The molecule has 0 amide bonds. The van der Waals surface area contributed by atoms with E-state index in [-0.39, 0.29) is 11.6 Å². The molecule has 0 atom stereocenters. The number of benzene rings is 1. The summed E-state index contributed by atoms with van der Waals surface area (Å²) >= 11 is 6.19. The van der Waals surface area contributed by atoms with Crippen LogP contribution in [0.3, 0.4) is 0 Å². The first kappa shape index (κ1) is 11.6. The van der Waals surface area contributed by atoms with E-state index in [9.17, 15) is 4.79 Å². The number of aromatic nitrogens is 1. The van der Waals surface area contributed by atoms with Crippen LogP contribution in [0.15, 0.2) is 35.3 Å². The Kier molecular flexibility index (Phi) is 3.02. The van der Waals surface area contributed by atoms with Gasteiger partial charge in [-0.05, 0) is 12.1 Å². The van der Waals surface area contributed by atoms with E-state index in [1.807, 2.05) is 4.57 Å². The van der Waals surface area contributed by atoms with Gasteiger partial charge in [0.05, 0.1) is 17.1 Å². The van der Waals surface area contributed by atoms with Crippen LogP contribution in [0.2, 0.25) is 5.02 Å². The molecule has 0 saturated carbocycles. The van der Waals surface area contributed by atoms with E-state index in [1.54, 1.807) is 30.5 Å². The average Bonchev–Trinajstić information content (AvgIpc) is 2.86. The summed E-state index contributed by atoms with van der Waals surface area (Å²) in [6, 6.07) is 6.90. The number of para-hydroxylation sites is 1. The SMILES string of the molecule is O=c1ccn(CC2NNNN2)c2c(Cl)cccc12. The van der Waals surface area contributed by atoms with Gasteiger partial charge in [-0.25, -0.2) is 10.9 Å². The largest absolute Gasteiger partial charge is 0.343 e. The van der Waals surface area contributed by atoms with Crippen molar-refractivity contribution in [1.29, 1.82) is 0 Å². The molecule has 1 saturated heterocycles. The van der Waals surface area contributed by atoms with Gasteiger partial charge in [-0.1, -0.05) is 17.7 Å². The van der Waals surface area contributed by atoms with Gasteiger partial charge in [-0.15, -0.1) is 0 Å². The summed E-state index contributed by atoms with van der Waals surface area (Å²) < 4.78 is 1.94. The van der Waals surface area contributed by atoms with Crippen molar-refractivity contribution in [3.63, 3.8) is 0 Å². The first-order chi connectivity index (χ1) is 8.75. The molecule has 1 aromatic carbocycles. The molecule has 1 aliphatic rings. The van der Waals surface area contributed by atoms with Crippen LogP contribution in [0.25, 0.3) is 10.9 Å². The fourth-order valence-electron chi connectivity index (χ4n) is 2.05. The summed E-state index contributed by atoms with van der Waals surface area (Å²) in [5.74, 6) is 0. The molecule has 0 spiro atoms. The number of halogens is 1. The molecule has 0 unspecified atom stereocenters. The highest BCUT2D eigenvalue weighted by molar-refractivity contribution is 6.35. The lowest BCUT2D eigenvalue weighted by Crippen LogP contribution is -2.38. The van der Waals surface area contributed by atoms with Crippen LogP contribution >= 0.6 is 11.6 Å². The summed E-state index contributed by atoms with van der Waals surface area (Å²) in [5, 5.41) is 1.20. The Balaban J connectivity index is 2.11. The fraction of sp³-hybridized carbons (Fsp3) is 0.182. The smallest absolute Gasteiger partial charge is 0.189 e. The molecule has 18 heavy (non-hydrogen) atoms. The molecule has 1 aromatic heterocycles. The molecule has 7 heteroatoms. The quantitative estimate of drug-likeness (QED) is 0.620. The topological polar surface area (TPSA) is 70.1 Å². The van der Waals surface area contributed by atoms with Crippen molar-refractivity contribution >= 4 is 22.5 Å². The van der Waals surface area contributed by atoms with Crippen LogP contribution < -0.4 is 27.3 Å². The second kappa shape index (κ2) is 4.68. The number of hydrazine groups is 3. The van der Waals surface area contributed by atoms with E-state index in [0.717, 1.165) is 5.52 Å². The highest BCUT2D eigenvalue weighted by Crippen LogP contribution is 2.20. The predicted molar refractivity (Wildman–Crippen MR) is 69.5 cm³/mol. The van der Waals surface area contributed by atoms with E-state index >= 15 is 0 Å². The van der Waals surface area contributed by atoms with Gasteiger partial charge in [-0.3, -0.25) is 4.79 Å². The third-order valence-corrected chi connectivity index (χ3v) is 3.18. The average molecular weight is 266 g/mol. The number of nitrogens with one attached hydrogen (secondary N) is 4. The minimum atomic E-state index is -0.0210. The zero-order chi connectivity index (χ0) is 12.5. The number of nitrogens with zero attached hydrogens (tertiary/aromatic N) is 1. The Bertz CT molecular complexity index is 635. The third kappa shape index (κ3) is 2.00. The molecule has 2 heterocycles. The van der Waals surface area contributed by atoms with E-state index in [0.29, 0.717) is 17.0 Å². The van der Waals surface area contributed by atoms with Crippen molar-refractivity contribution in [2.24, 2.45) is 0 Å². The zero-order valence-corrected chi connectivity index (χ0v) is 10.2. The summed E-state index contributed by atoms with van der Waals surface area (Å²) in [6.45, 7) is 0.626. The Labute approximate surface area is 108 Å². The second-order valence-corrected chi connectivity index (χ2v) is 4.47. The highest BCUT2D eigenvalue weighted by atomic mass is 35.5. The monoisotopic (exact) mass is 265 g/mol. The van der Waals surface area contributed by atoms with Crippen molar-refractivity contribution < 1.29 is 0 Å². The molecule has 94 valence electrons. The maximum Gasteiger partial charge on any atom is 0.189 e. The first-order valence-electron chi connectivity index (χ1n) is 5.54. The van der Waals surface area contributed by atoms with Gasteiger partial charge < -0.3 is 4.57 Å². The number of fused-ring (bicyclic) bond motifs is 1. The maximum atomic E-state index is 11.8. The van der Waals surface area contributed by atoms with Crippen molar-refractivity contribution in [1.82, 2.24) is 26.5 Å².